The maximum absolute atomic E-state index is 11.4. The lowest BCUT2D eigenvalue weighted by atomic mass is 10.3. The van der Waals surface area contributed by atoms with E-state index in [0.717, 1.165) is 0 Å². The lowest BCUT2D eigenvalue weighted by Gasteiger charge is -2.04. The zero-order valence-electron chi connectivity index (χ0n) is 8.13. The Morgan fingerprint density at radius 2 is 2.13 bits per heavy atom. The van der Waals surface area contributed by atoms with Crippen molar-refractivity contribution in [2.75, 3.05) is 17.0 Å². The van der Waals surface area contributed by atoms with Crippen LogP contribution in [0.25, 0.3) is 0 Å². The van der Waals surface area contributed by atoms with Gasteiger partial charge in [0, 0.05) is 0 Å². The van der Waals surface area contributed by atoms with Gasteiger partial charge in [-0.25, -0.2) is 18.1 Å². The van der Waals surface area contributed by atoms with Crippen molar-refractivity contribution in [1.29, 1.82) is 0 Å². The Morgan fingerprint density at radius 1 is 1.33 bits per heavy atom. The minimum atomic E-state index is -3.38. The third-order valence-corrected chi connectivity index (χ3v) is 2.92. The molecule has 1 rings (SSSR count). The monoisotopic (exact) mass is 231 g/mol. The van der Waals surface area contributed by atoms with Crippen molar-refractivity contribution in [3.63, 3.8) is 0 Å². The average Bonchev–Trinajstić information content (AvgIpc) is 2.18. The van der Waals surface area contributed by atoms with E-state index >= 15 is 0 Å². The van der Waals surface area contributed by atoms with Gasteiger partial charge >= 0.3 is 0 Å². The van der Waals surface area contributed by atoms with Gasteiger partial charge in [-0.3, -0.25) is 0 Å². The minimum absolute atomic E-state index is 0.00903. The van der Waals surface area contributed by atoms with Gasteiger partial charge in [0.05, 0.1) is 18.1 Å². The summed E-state index contributed by atoms with van der Waals surface area (Å²) in [5, 5.41) is 7.02. The first-order valence-corrected chi connectivity index (χ1v) is 6.13. The predicted octanol–water partition coefficient (Wildman–Crippen LogP) is -0.648. The van der Waals surface area contributed by atoms with Crippen molar-refractivity contribution in [3.05, 3.63) is 12.4 Å². The SMILES string of the molecule is NCCCCS(=O)(=O)Nc1nccnn1. The van der Waals surface area contributed by atoms with Crippen molar-refractivity contribution in [2.24, 2.45) is 5.73 Å². The van der Waals surface area contributed by atoms with Crippen LogP contribution >= 0.6 is 0 Å². The number of nitrogens with one attached hydrogen (secondary N) is 1. The van der Waals surface area contributed by atoms with E-state index in [-0.39, 0.29) is 11.7 Å². The van der Waals surface area contributed by atoms with Gasteiger partial charge in [0.25, 0.3) is 5.95 Å². The molecule has 8 heteroatoms. The molecule has 1 aromatic rings. The summed E-state index contributed by atoms with van der Waals surface area (Å²) in [7, 11) is -3.38. The first-order valence-electron chi connectivity index (χ1n) is 4.48. The molecule has 0 fully saturated rings. The molecule has 1 heterocycles. The van der Waals surface area contributed by atoms with E-state index in [1.165, 1.54) is 12.4 Å². The molecule has 0 spiro atoms. The molecule has 3 N–H and O–H groups in total. The van der Waals surface area contributed by atoms with Gasteiger partial charge in [0.2, 0.25) is 10.0 Å². The van der Waals surface area contributed by atoms with Gasteiger partial charge in [-0.15, -0.1) is 5.10 Å². The second kappa shape index (κ2) is 5.56. The van der Waals surface area contributed by atoms with Crippen LogP contribution in [0.1, 0.15) is 12.8 Å². The van der Waals surface area contributed by atoms with Gasteiger partial charge in [-0.2, -0.15) is 5.10 Å². The molecule has 7 nitrogen and oxygen atoms in total. The van der Waals surface area contributed by atoms with Crippen LogP contribution in [0.3, 0.4) is 0 Å². The molecule has 1 aromatic heterocycles. The molecule has 0 saturated heterocycles. The zero-order valence-corrected chi connectivity index (χ0v) is 8.94. The fourth-order valence-electron chi connectivity index (χ4n) is 0.921. The second-order valence-electron chi connectivity index (χ2n) is 2.88. The lowest BCUT2D eigenvalue weighted by molar-refractivity contribution is 0.596. The third-order valence-electron chi connectivity index (χ3n) is 1.60. The van der Waals surface area contributed by atoms with E-state index in [1.807, 2.05) is 0 Å². The summed E-state index contributed by atoms with van der Waals surface area (Å²) in [5.74, 6) is 0.00729. The largest absolute Gasteiger partial charge is 0.330 e. The number of unbranched alkanes of at least 4 members (excludes halogenated alkanes) is 1. The number of nitrogens with two attached hydrogens (primary N) is 1. The van der Waals surface area contributed by atoms with Gasteiger partial charge in [0.1, 0.15) is 0 Å². The molecule has 0 aromatic carbocycles. The molecule has 0 amide bonds. The lowest BCUT2D eigenvalue weighted by Crippen LogP contribution is -2.19. The van der Waals surface area contributed by atoms with Crippen molar-refractivity contribution in [2.45, 2.75) is 12.8 Å². The van der Waals surface area contributed by atoms with Gasteiger partial charge in [-0.1, -0.05) is 0 Å². The van der Waals surface area contributed by atoms with Crippen molar-refractivity contribution in [1.82, 2.24) is 15.2 Å². The maximum Gasteiger partial charge on any atom is 0.256 e. The van der Waals surface area contributed by atoms with Crippen LogP contribution in [0.5, 0.6) is 0 Å². The van der Waals surface area contributed by atoms with Crippen molar-refractivity contribution < 1.29 is 8.42 Å². The second-order valence-corrected chi connectivity index (χ2v) is 4.72. The van der Waals surface area contributed by atoms with E-state index < -0.39 is 10.0 Å². The fraction of sp³-hybridized carbons (Fsp3) is 0.571. The Bertz CT molecular complexity index is 380. The number of hydrogen-bond donors (Lipinski definition) is 2. The van der Waals surface area contributed by atoms with Crippen LogP contribution in [-0.4, -0.2) is 35.9 Å². The first kappa shape index (κ1) is 11.8. The molecule has 0 saturated carbocycles. The Balaban J connectivity index is 2.50. The standard InChI is InChI=1S/C7H13N5O2S/c8-3-1-2-6-15(13,14)12-7-9-4-5-10-11-7/h4-5H,1-3,6,8H2,(H,9,11,12). The molecule has 0 unspecified atom stereocenters. The molecule has 0 atom stereocenters. The van der Waals surface area contributed by atoms with Gasteiger partial charge in [-0.05, 0) is 19.4 Å². The zero-order chi connectivity index (χ0) is 11.1. The quantitative estimate of drug-likeness (QED) is 0.629. The number of anilines is 1. The molecular formula is C7H13N5O2S. The molecule has 0 bridgehead atoms. The van der Waals surface area contributed by atoms with Crippen molar-refractivity contribution in [3.8, 4) is 0 Å². The normalized spacial score (nSPS) is 11.3. The summed E-state index contributed by atoms with van der Waals surface area (Å²) in [6, 6.07) is 0. The van der Waals surface area contributed by atoms with Crippen LogP contribution in [0.4, 0.5) is 5.95 Å². The molecule has 0 radical (unpaired) electrons. The van der Waals surface area contributed by atoms with Crippen LogP contribution in [0.15, 0.2) is 12.4 Å². The highest BCUT2D eigenvalue weighted by atomic mass is 32.2. The maximum atomic E-state index is 11.4. The summed E-state index contributed by atoms with van der Waals surface area (Å²) in [4.78, 5) is 3.70. The Kier molecular flexibility index (Phi) is 4.37. The van der Waals surface area contributed by atoms with Crippen LogP contribution in [0.2, 0.25) is 0 Å². The molecule has 0 aliphatic rings. The number of aromatic nitrogens is 3. The van der Waals surface area contributed by atoms with Crippen LogP contribution in [0, 0.1) is 0 Å². The first-order chi connectivity index (χ1) is 7.14. The highest BCUT2D eigenvalue weighted by molar-refractivity contribution is 7.92. The van der Waals surface area contributed by atoms with E-state index in [0.29, 0.717) is 19.4 Å². The van der Waals surface area contributed by atoms with E-state index in [1.54, 1.807) is 0 Å². The highest BCUT2D eigenvalue weighted by Gasteiger charge is 2.11. The molecule has 0 aliphatic heterocycles. The molecule has 0 aliphatic carbocycles. The van der Waals surface area contributed by atoms with E-state index in [9.17, 15) is 8.42 Å². The number of rotatable bonds is 6. The molecule has 84 valence electrons. The van der Waals surface area contributed by atoms with Crippen molar-refractivity contribution >= 4 is 16.0 Å². The highest BCUT2D eigenvalue weighted by Crippen LogP contribution is 2.00. The smallest absolute Gasteiger partial charge is 0.256 e. The Hall–Kier alpha value is -1.28. The third kappa shape index (κ3) is 4.66. The summed E-state index contributed by atoms with van der Waals surface area (Å²) in [6.45, 7) is 0.485. The summed E-state index contributed by atoms with van der Waals surface area (Å²) >= 11 is 0. The Labute approximate surface area is 88.2 Å². The van der Waals surface area contributed by atoms with Crippen LogP contribution in [-0.2, 0) is 10.0 Å². The summed E-state index contributed by atoms with van der Waals surface area (Å²) < 4.78 is 25.1. The van der Waals surface area contributed by atoms with E-state index in [2.05, 4.69) is 19.9 Å². The van der Waals surface area contributed by atoms with E-state index in [4.69, 9.17) is 5.73 Å². The average molecular weight is 231 g/mol. The van der Waals surface area contributed by atoms with Gasteiger partial charge < -0.3 is 5.73 Å². The van der Waals surface area contributed by atoms with Gasteiger partial charge in [0.15, 0.2) is 0 Å². The molecular weight excluding hydrogens is 218 g/mol. The fourth-order valence-corrected chi connectivity index (χ4v) is 1.98. The summed E-state index contributed by atoms with van der Waals surface area (Å²) in [6.07, 6.45) is 3.93. The Morgan fingerprint density at radius 3 is 2.73 bits per heavy atom. The molecule has 15 heavy (non-hydrogen) atoms. The number of sulfonamides is 1. The predicted molar refractivity (Wildman–Crippen MR) is 55.5 cm³/mol. The number of nitrogens with zero attached hydrogens (tertiary/aromatic N) is 3. The minimum Gasteiger partial charge on any atom is -0.330 e. The summed E-state index contributed by atoms with van der Waals surface area (Å²) in [5.41, 5.74) is 5.26. The van der Waals surface area contributed by atoms with Crippen LogP contribution < -0.4 is 10.5 Å². The topological polar surface area (TPSA) is 111 Å². The number of hydrogen-bond acceptors (Lipinski definition) is 6.